The van der Waals surface area contributed by atoms with Crippen molar-refractivity contribution in [3.63, 3.8) is 0 Å². The Labute approximate surface area is 170 Å². The summed E-state index contributed by atoms with van der Waals surface area (Å²) in [6.45, 7) is 6.14. The summed E-state index contributed by atoms with van der Waals surface area (Å²) in [6.07, 6.45) is 3.35. The number of anilines is 1. The lowest BCUT2D eigenvalue weighted by Gasteiger charge is -2.09. The van der Waals surface area contributed by atoms with E-state index in [1.165, 1.54) is 11.8 Å². The number of aryl methyl sites for hydroxylation is 1. The Balaban J connectivity index is 1.73. The molecule has 3 rings (SSSR count). The van der Waals surface area contributed by atoms with Crippen LogP contribution in [0.4, 0.5) is 5.69 Å². The average Bonchev–Trinajstić information content (AvgIpc) is 3.22. The zero-order valence-corrected chi connectivity index (χ0v) is 16.7. The highest BCUT2D eigenvalue weighted by Gasteiger charge is 2.18. The maximum Gasteiger partial charge on any atom is 0.234 e. The number of amides is 1. The predicted octanol–water partition coefficient (Wildman–Crippen LogP) is 5.07. The number of hydrogen-bond acceptors (Lipinski definition) is 5. The molecule has 6 nitrogen and oxygen atoms in total. The topological polar surface area (TPSA) is 73.0 Å². The minimum absolute atomic E-state index is 0.141. The van der Waals surface area contributed by atoms with Gasteiger partial charge in [0.15, 0.2) is 11.0 Å². The van der Waals surface area contributed by atoms with E-state index in [2.05, 4.69) is 22.1 Å². The first-order chi connectivity index (χ1) is 13.0. The SMILES string of the molecule is C=CCn1c(SCC(=O)Nc2cc(Cl)ccc2Cl)nnc1-c1ccoc1C. The molecule has 0 saturated carbocycles. The quantitative estimate of drug-likeness (QED) is 0.424. The molecule has 140 valence electrons. The number of carbonyl (C=O) groups excluding carboxylic acids is 1. The fraction of sp³-hybridized carbons (Fsp3) is 0.167. The molecule has 0 aliphatic heterocycles. The molecule has 27 heavy (non-hydrogen) atoms. The number of rotatable bonds is 7. The molecule has 0 bridgehead atoms. The minimum Gasteiger partial charge on any atom is -0.469 e. The van der Waals surface area contributed by atoms with Crippen LogP contribution in [0.25, 0.3) is 11.4 Å². The van der Waals surface area contributed by atoms with Gasteiger partial charge >= 0.3 is 0 Å². The largest absolute Gasteiger partial charge is 0.469 e. The summed E-state index contributed by atoms with van der Waals surface area (Å²) in [5.41, 5.74) is 1.32. The lowest BCUT2D eigenvalue weighted by molar-refractivity contribution is -0.113. The number of allylic oxidation sites excluding steroid dienone is 1. The Morgan fingerprint density at radius 2 is 2.19 bits per heavy atom. The number of furan rings is 1. The highest BCUT2D eigenvalue weighted by Crippen LogP contribution is 2.28. The summed E-state index contributed by atoms with van der Waals surface area (Å²) in [6, 6.07) is 6.73. The number of hydrogen-bond donors (Lipinski definition) is 1. The lowest BCUT2D eigenvalue weighted by Crippen LogP contribution is -2.15. The normalized spacial score (nSPS) is 10.8. The number of nitrogens with one attached hydrogen (secondary N) is 1. The minimum atomic E-state index is -0.224. The average molecular weight is 423 g/mol. The summed E-state index contributed by atoms with van der Waals surface area (Å²) >= 11 is 13.3. The van der Waals surface area contributed by atoms with Crippen LogP contribution in [0, 0.1) is 6.92 Å². The molecule has 0 fully saturated rings. The third kappa shape index (κ3) is 4.55. The fourth-order valence-corrected chi connectivity index (χ4v) is 3.50. The second-order valence-electron chi connectivity index (χ2n) is 5.56. The van der Waals surface area contributed by atoms with Gasteiger partial charge in [-0.2, -0.15) is 0 Å². The van der Waals surface area contributed by atoms with Crippen molar-refractivity contribution in [1.82, 2.24) is 14.8 Å². The van der Waals surface area contributed by atoms with Gasteiger partial charge in [-0.3, -0.25) is 9.36 Å². The number of thioether (sulfide) groups is 1. The van der Waals surface area contributed by atoms with Gasteiger partial charge in [0, 0.05) is 11.6 Å². The zero-order valence-electron chi connectivity index (χ0n) is 14.4. The van der Waals surface area contributed by atoms with Crippen LogP contribution in [0.1, 0.15) is 5.76 Å². The van der Waals surface area contributed by atoms with E-state index < -0.39 is 0 Å². The van der Waals surface area contributed by atoms with E-state index in [0.29, 0.717) is 33.3 Å². The molecule has 1 amide bonds. The molecule has 1 N–H and O–H groups in total. The van der Waals surface area contributed by atoms with Crippen molar-refractivity contribution in [1.29, 1.82) is 0 Å². The molecule has 0 atom stereocenters. The number of aromatic nitrogens is 3. The van der Waals surface area contributed by atoms with Crippen LogP contribution >= 0.6 is 35.0 Å². The smallest absolute Gasteiger partial charge is 0.234 e. The molecule has 0 saturated heterocycles. The summed E-state index contributed by atoms with van der Waals surface area (Å²) in [4.78, 5) is 12.3. The van der Waals surface area contributed by atoms with Crippen LogP contribution in [-0.2, 0) is 11.3 Å². The zero-order chi connectivity index (χ0) is 19.4. The van der Waals surface area contributed by atoms with Gasteiger partial charge in [-0.05, 0) is 31.2 Å². The molecule has 1 aromatic carbocycles. The maximum atomic E-state index is 12.3. The van der Waals surface area contributed by atoms with Gasteiger partial charge in [0.1, 0.15) is 5.76 Å². The first-order valence-corrected chi connectivity index (χ1v) is 9.70. The first kappa shape index (κ1) is 19.5. The van der Waals surface area contributed by atoms with Gasteiger partial charge in [0.25, 0.3) is 0 Å². The lowest BCUT2D eigenvalue weighted by atomic mass is 10.2. The number of benzene rings is 1. The molecule has 3 aromatic rings. The van der Waals surface area contributed by atoms with Crippen molar-refractivity contribution >= 4 is 46.6 Å². The summed E-state index contributed by atoms with van der Waals surface area (Å²) in [7, 11) is 0. The maximum absolute atomic E-state index is 12.3. The monoisotopic (exact) mass is 422 g/mol. The standard InChI is InChI=1S/C18H16Cl2N4O2S/c1-3-7-24-17(13-6-8-26-11(13)2)22-23-18(24)27-10-16(25)21-15-9-12(19)4-5-14(15)20/h3-6,8-9H,1,7,10H2,2H3,(H,21,25). The number of carbonyl (C=O) groups is 1. The van der Waals surface area contributed by atoms with Crippen LogP contribution in [-0.4, -0.2) is 26.4 Å². The second kappa shape index (κ2) is 8.65. The predicted molar refractivity (Wildman–Crippen MR) is 108 cm³/mol. The molecule has 0 spiro atoms. The van der Waals surface area contributed by atoms with Crippen LogP contribution in [0.5, 0.6) is 0 Å². The van der Waals surface area contributed by atoms with E-state index in [4.69, 9.17) is 27.6 Å². The van der Waals surface area contributed by atoms with Gasteiger partial charge in [-0.15, -0.1) is 16.8 Å². The van der Waals surface area contributed by atoms with E-state index in [1.54, 1.807) is 30.5 Å². The van der Waals surface area contributed by atoms with E-state index in [1.807, 2.05) is 17.6 Å². The Hall–Kier alpha value is -2.22. The summed E-state index contributed by atoms with van der Waals surface area (Å²) < 4.78 is 7.23. The molecule has 0 aliphatic carbocycles. The number of halogens is 2. The molecular weight excluding hydrogens is 407 g/mol. The van der Waals surface area contributed by atoms with Crippen molar-refractivity contribution in [2.75, 3.05) is 11.1 Å². The van der Waals surface area contributed by atoms with Gasteiger partial charge in [-0.1, -0.05) is 41.0 Å². The van der Waals surface area contributed by atoms with E-state index in [-0.39, 0.29) is 11.7 Å². The third-order valence-electron chi connectivity index (χ3n) is 3.66. The highest BCUT2D eigenvalue weighted by molar-refractivity contribution is 7.99. The molecule has 9 heteroatoms. The van der Waals surface area contributed by atoms with Gasteiger partial charge < -0.3 is 9.73 Å². The van der Waals surface area contributed by atoms with Crippen molar-refractivity contribution in [3.05, 3.63) is 59.0 Å². The van der Waals surface area contributed by atoms with Crippen molar-refractivity contribution in [3.8, 4) is 11.4 Å². The Bertz CT molecular complexity index is 984. The van der Waals surface area contributed by atoms with Crippen LogP contribution < -0.4 is 5.32 Å². The van der Waals surface area contributed by atoms with E-state index in [0.717, 1.165) is 11.3 Å². The summed E-state index contributed by atoms with van der Waals surface area (Å²) in [5.74, 6) is 1.33. The highest BCUT2D eigenvalue weighted by atomic mass is 35.5. The first-order valence-electron chi connectivity index (χ1n) is 7.96. The Morgan fingerprint density at radius 3 is 2.89 bits per heavy atom. The van der Waals surface area contributed by atoms with Crippen molar-refractivity contribution < 1.29 is 9.21 Å². The van der Waals surface area contributed by atoms with E-state index in [9.17, 15) is 4.79 Å². The van der Waals surface area contributed by atoms with Crippen LogP contribution in [0.3, 0.4) is 0 Å². The molecule has 0 aliphatic rings. The number of nitrogens with zero attached hydrogens (tertiary/aromatic N) is 3. The van der Waals surface area contributed by atoms with Gasteiger partial charge in [-0.25, -0.2) is 0 Å². The third-order valence-corrected chi connectivity index (χ3v) is 5.19. The van der Waals surface area contributed by atoms with Crippen molar-refractivity contribution in [2.24, 2.45) is 0 Å². The van der Waals surface area contributed by atoms with Gasteiger partial charge in [0.2, 0.25) is 5.91 Å². The summed E-state index contributed by atoms with van der Waals surface area (Å²) in [5, 5.41) is 12.7. The Kier molecular flexibility index (Phi) is 6.26. The molecule has 2 aromatic heterocycles. The second-order valence-corrected chi connectivity index (χ2v) is 7.34. The molecule has 0 unspecified atom stereocenters. The molecular formula is C18H16Cl2N4O2S. The Morgan fingerprint density at radius 1 is 1.37 bits per heavy atom. The van der Waals surface area contributed by atoms with E-state index >= 15 is 0 Å². The fourth-order valence-electron chi connectivity index (χ4n) is 2.42. The molecule has 0 radical (unpaired) electrons. The van der Waals surface area contributed by atoms with Crippen molar-refractivity contribution in [2.45, 2.75) is 18.6 Å². The van der Waals surface area contributed by atoms with Gasteiger partial charge in [0.05, 0.1) is 28.3 Å². The van der Waals surface area contributed by atoms with Crippen LogP contribution in [0.2, 0.25) is 10.0 Å². The molecule has 2 heterocycles. The van der Waals surface area contributed by atoms with Crippen LogP contribution in [0.15, 0.2) is 52.8 Å².